The summed E-state index contributed by atoms with van der Waals surface area (Å²) in [5, 5.41) is 2.58. The van der Waals surface area contributed by atoms with Gasteiger partial charge in [-0.2, -0.15) is 0 Å². The molecule has 0 aromatic carbocycles. The maximum absolute atomic E-state index is 11.9. The Labute approximate surface area is 99.9 Å². The first-order valence-electron chi connectivity index (χ1n) is 5.45. The van der Waals surface area contributed by atoms with Crippen LogP contribution in [-0.4, -0.2) is 49.0 Å². The first-order chi connectivity index (χ1) is 7.43. The zero-order valence-electron chi connectivity index (χ0n) is 9.73. The normalized spacial score (nSPS) is 26.2. The Morgan fingerprint density at radius 1 is 1.56 bits per heavy atom. The third kappa shape index (κ3) is 4.12. The fourth-order valence-electron chi connectivity index (χ4n) is 1.55. The Morgan fingerprint density at radius 2 is 2.25 bits per heavy atom. The van der Waals surface area contributed by atoms with E-state index in [2.05, 4.69) is 10.0 Å². The van der Waals surface area contributed by atoms with Gasteiger partial charge < -0.3 is 5.32 Å². The number of sulfonamides is 1. The van der Waals surface area contributed by atoms with Gasteiger partial charge in [-0.15, -0.1) is 0 Å². The first kappa shape index (κ1) is 14.1. The maximum Gasteiger partial charge on any atom is 0.215 e. The van der Waals surface area contributed by atoms with Crippen LogP contribution < -0.4 is 10.0 Å². The fourth-order valence-corrected chi connectivity index (χ4v) is 3.51. The first-order valence-corrected chi connectivity index (χ1v) is 8.61. The smallest absolute Gasteiger partial charge is 0.215 e. The second kappa shape index (κ2) is 6.09. The predicted octanol–water partition coefficient (Wildman–Crippen LogP) is -0.575. The molecular weight excluding hydrogens is 248 g/mol. The minimum Gasteiger partial charge on any atom is -0.315 e. The highest BCUT2D eigenvalue weighted by Crippen LogP contribution is 2.10. The number of nitrogens with one attached hydrogen (secondary N) is 2. The lowest BCUT2D eigenvalue weighted by atomic mass is 10.2. The van der Waals surface area contributed by atoms with Crippen molar-refractivity contribution in [3.05, 3.63) is 0 Å². The highest BCUT2D eigenvalue weighted by atomic mass is 32.2. The van der Waals surface area contributed by atoms with Crippen LogP contribution in [0.15, 0.2) is 0 Å². The van der Waals surface area contributed by atoms with Gasteiger partial charge in [0, 0.05) is 35.4 Å². The van der Waals surface area contributed by atoms with Crippen molar-refractivity contribution in [2.45, 2.75) is 30.3 Å². The van der Waals surface area contributed by atoms with E-state index in [4.69, 9.17) is 0 Å². The molecule has 0 radical (unpaired) electrons. The molecule has 0 saturated carbocycles. The minimum absolute atomic E-state index is 0.147. The van der Waals surface area contributed by atoms with Gasteiger partial charge in [0.1, 0.15) is 0 Å². The van der Waals surface area contributed by atoms with Crippen LogP contribution in [0.3, 0.4) is 0 Å². The van der Waals surface area contributed by atoms with Crippen molar-refractivity contribution in [1.82, 2.24) is 10.0 Å². The molecule has 7 heteroatoms. The topological polar surface area (TPSA) is 75.3 Å². The third-order valence-electron chi connectivity index (χ3n) is 2.83. The van der Waals surface area contributed by atoms with E-state index < -0.39 is 20.8 Å². The van der Waals surface area contributed by atoms with Crippen LogP contribution in [0.25, 0.3) is 0 Å². The van der Waals surface area contributed by atoms with Crippen molar-refractivity contribution in [1.29, 1.82) is 0 Å². The summed E-state index contributed by atoms with van der Waals surface area (Å²) in [6, 6.07) is 0. The molecule has 1 saturated heterocycles. The standard InChI is InChI=1S/C9H20N2O3S2/c1-8(15(2)12)6-11-16(13,14)9-4-3-5-10-7-9/h8-11H,3-7H2,1-2H3. The van der Waals surface area contributed by atoms with Crippen molar-refractivity contribution < 1.29 is 12.6 Å². The Balaban J connectivity index is 2.47. The van der Waals surface area contributed by atoms with E-state index in [1.165, 1.54) is 0 Å². The summed E-state index contributed by atoms with van der Waals surface area (Å²) in [7, 11) is -4.25. The quantitative estimate of drug-likeness (QED) is 0.700. The molecule has 1 rings (SSSR count). The van der Waals surface area contributed by atoms with Crippen LogP contribution >= 0.6 is 0 Å². The van der Waals surface area contributed by atoms with Gasteiger partial charge in [-0.25, -0.2) is 13.1 Å². The van der Waals surface area contributed by atoms with Crippen LogP contribution in [0.4, 0.5) is 0 Å². The molecule has 96 valence electrons. The molecule has 3 unspecified atom stereocenters. The average Bonchev–Trinajstić information content (AvgIpc) is 2.27. The van der Waals surface area contributed by atoms with E-state index in [0.717, 1.165) is 13.0 Å². The summed E-state index contributed by atoms with van der Waals surface area (Å²) >= 11 is 0. The molecule has 16 heavy (non-hydrogen) atoms. The SMILES string of the molecule is CC(CNS(=O)(=O)C1CCCNC1)S(C)=O. The minimum atomic E-state index is -3.26. The van der Waals surface area contributed by atoms with E-state index in [1.807, 2.05) is 0 Å². The van der Waals surface area contributed by atoms with Gasteiger partial charge >= 0.3 is 0 Å². The van der Waals surface area contributed by atoms with Crippen molar-refractivity contribution in [2.24, 2.45) is 0 Å². The largest absolute Gasteiger partial charge is 0.315 e. The van der Waals surface area contributed by atoms with E-state index in [0.29, 0.717) is 13.0 Å². The summed E-state index contributed by atoms with van der Waals surface area (Å²) in [5.74, 6) is 0. The maximum atomic E-state index is 11.9. The molecule has 1 fully saturated rings. The predicted molar refractivity (Wildman–Crippen MR) is 66.3 cm³/mol. The lowest BCUT2D eigenvalue weighted by molar-refractivity contribution is 0.490. The number of hydrogen-bond acceptors (Lipinski definition) is 4. The van der Waals surface area contributed by atoms with E-state index in [9.17, 15) is 12.6 Å². The van der Waals surface area contributed by atoms with E-state index in [-0.39, 0.29) is 17.0 Å². The van der Waals surface area contributed by atoms with Gasteiger partial charge in [0.25, 0.3) is 0 Å². The molecule has 0 spiro atoms. The van der Waals surface area contributed by atoms with Crippen molar-refractivity contribution in [3.63, 3.8) is 0 Å². The van der Waals surface area contributed by atoms with Crippen molar-refractivity contribution in [3.8, 4) is 0 Å². The molecule has 3 atom stereocenters. The van der Waals surface area contributed by atoms with Crippen LogP contribution in [-0.2, 0) is 20.8 Å². The van der Waals surface area contributed by atoms with Crippen LogP contribution in [0.2, 0.25) is 0 Å². The molecule has 1 aliphatic rings. The van der Waals surface area contributed by atoms with Gasteiger partial charge in [0.05, 0.1) is 5.25 Å². The molecule has 0 aliphatic carbocycles. The molecule has 1 aliphatic heterocycles. The summed E-state index contributed by atoms with van der Waals surface area (Å²) in [5.41, 5.74) is 0. The summed E-state index contributed by atoms with van der Waals surface area (Å²) in [4.78, 5) is 0. The lowest BCUT2D eigenvalue weighted by Crippen LogP contribution is -2.46. The second-order valence-electron chi connectivity index (χ2n) is 4.17. The zero-order valence-corrected chi connectivity index (χ0v) is 11.4. The molecule has 0 bridgehead atoms. The number of piperidine rings is 1. The molecule has 0 aromatic rings. The third-order valence-corrected chi connectivity index (χ3v) is 5.98. The molecule has 5 nitrogen and oxygen atoms in total. The lowest BCUT2D eigenvalue weighted by Gasteiger charge is -2.23. The molecule has 0 amide bonds. The van der Waals surface area contributed by atoms with E-state index in [1.54, 1.807) is 13.2 Å². The Hall–Kier alpha value is 0.0200. The van der Waals surface area contributed by atoms with Gasteiger partial charge in [0.2, 0.25) is 10.0 Å². The summed E-state index contributed by atoms with van der Waals surface area (Å²) < 4.78 is 37.4. The van der Waals surface area contributed by atoms with Crippen LogP contribution in [0.5, 0.6) is 0 Å². The Bertz CT molecular complexity index is 337. The van der Waals surface area contributed by atoms with Crippen molar-refractivity contribution in [2.75, 3.05) is 25.9 Å². The number of rotatable bonds is 5. The average molecular weight is 268 g/mol. The summed E-state index contributed by atoms with van der Waals surface area (Å²) in [6.45, 7) is 3.43. The highest BCUT2D eigenvalue weighted by Gasteiger charge is 2.27. The van der Waals surface area contributed by atoms with Gasteiger partial charge in [-0.1, -0.05) is 0 Å². The molecule has 2 N–H and O–H groups in total. The van der Waals surface area contributed by atoms with Crippen molar-refractivity contribution >= 4 is 20.8 Å². The van der Waals surface area contributed by atoms with Gasteiger partial charge in [-0.3, -0.25) is 4.21 Å². The Kier molecular flexibility index (Phi) is 5.36. The van der Waals surface area contributed by atoms with Crippen LogP contribution in [0.1, 0.15) is 19.8 Å². The van der Waals surface area contributed by atoms with E-state index >= 15 is 0 Å². The van der Waals surface area contributed by atoms with Gasteiger partial charge in [0.15, 0.2) is 0 Å². The monoisotopic (exact) mass is 268 g/mol. The Morgan fingerprint density at radius 3 is 2.75 bits per heavy atom. The zero-order chi connectivity index (χ0) is 12.2. The second-order valence-corrected chi connectivity index (χ2v) is 8.02. The molecular formula is C9H20N2O3S2. The van der Waals surface area contributed by atoms with Crippen LogP contribution in [0, 0.1) is 0 Å². The number of hydrogen-bond donors (Lipinski definition) is 2. The summed E-state index contributed by atoms with van der Waals surface area (Å²) in [6.07, 6.45) is 3.17. The van der Waals surface area contributed by atoms with Gasteiger partial charge in [-0.05, 0) is 26.3 Å². The fraction of sp³-hybridized carbons (Fsp3) is 1.00. The highest BCUT2D eigenvalue weighted by molar-refractivity contribution is 7.90. The molecule has 0 aromatic heterocycles. The molecule has 1 heterocycles.